The Labute approximate surface area is 157 Å². The largest absolute Gasteiger partial charge is 0.478 e. The molecule has 1 atom stereocenters. The zero-order valence-corrected chi connectivity index (χ0v) is 16.4. The number of carbonyl (C=O) groups is 1. The summed E-state index contributed by atoms with van der Waals surface area (Å²) in [7, 11) is 0.0118. The molecule has 140 valence electrons. The van der Waals surface area contributed by atoms with E-state index >= 15 is 0 Å². The maximum atomic E-state index is 12.9. The molecule has 0 spiro atoms. The second-order valence-corrected chi connectivity index (χ2v) is 9.33. The van der Waals surface area contributed by atoms with Gasteiger partial charge < -0.3 is 10.0 Å². The van der Waals surface area contributed by atoms with Crippen LogP contribution in [0.5, 0.6) is 0 Å². The van der Waals surface area contributed by atoms with E-state index in [2.05, 4.69) is 4.72 Å². The number of sulfonamides is 1. The molecular weight excluding hydrogens is 372 g/mol. The summed E-state index contributed by atoms with van der Waals surface area (Å²) in [5.74, 6) is -1.11. The van der Waals surface area contributed by atoms with Crippen LogP contribution >= 0.6 is 11.3 Å². The van der Waals surface area contributed by atoms with Crippen molar-refractivity contribution >= 4 is 27.3 Å². The number of nitrogens with one attached hydrogen (secondary N) is 1. The molecule has 2 N–H and O–H groups in total. The fourth-order valence-corrected chi connectivity index (χ4v) is 5.61. The summed E-state index contributed by atoms with van der Waals surface area (Å²) in [5, 5.41) is 11.3. The minimum atomic E-state index is -3.80. The molecule has 1 unspecified atom stereocenters. The van der Waals surface area contributed by atoms with E-state index in [-0.39, 0.29) is 23.0 Å². The molecule has 0 aliphatic heterocycles. The molecule has 1 aromatic heterocycles. The van der Waals surface area contributed by atoms with Gasteiger partial charge in [-0.2, -0.15) is 0 Å². The normalized spacial score (nSPS) is 15.2. The Morgan fingerprint density at radius 1 is 1.35 bits per heavy atom. The smallest absolute Gasteiger partial charge is 0.335 e. The SMILES string of the molecule is CN(C)C(CNS(=O)(=O)c1cc(C(=O)O)cc2c1CCC2)c1cccs1. The molecule has 1 heterocycles. The van der Waals surface area contributed by atoms with Crippen LogP contribution in [0.25, 0.3) is 0 Å². The molecule has 6 nitrogen and oxygen atoms in total. The van der Waals surface area contributed by atoms with Crippen molar-refractivity contribution in [1.29, 1.82) is 0 Å². The van der Waals surface area contributed by atoms with E-state index in [9.17, 15) is 18.3 Å². The van der Waals surface area contributed by atoms with E-state index in [1.165, 1.54) is 6.07 Å². The van der Waals surface area contributed by atoms with Crippen molar-refractivity contribution in [3.05, 3.63) is 51.2 Å². The number of thiophene rings is 1. The molecule has 0 radical (unpaired) electrons. The summed E-state index contributed by atoms with van der Waals surface area (Å²) >= 11 is 1.58. The number of rotatable bonds is 7. The number of hydrogen-bond donors (Lipinski definition) is 2. The zero-order chi connectivity index (χ0) is 18.9. The molecule has 2 aromatic rings. The summed E-state index contributed by atoms with van der Waals surface area (Å²) in [6.07, 6.45) is 2.22. The van der Waals surface area contributed by atoms with E-state index in [1.807, 2.05) is 36.5 Å². The number of carboxylic acids is 1. The van der Waals surface area contributed by atoms with Crippen LogP contribution in [0.1, 0.15) is 38.8 Å². The van der Waals surface area contributed by atoms with Gasteiger partial charge in [-0.1, -0.05) is 6.07 Å². The van der Waals surface area contributed by atoms with Gasteiger partial charge in [-0.25, -0.2) is 17.9 Å². The highest BCUT2D eigenvalue weighted by Crippen LogP contribution is 2.30. The van der Waals surface area contributed by atoms with Crippen LogP contribution < -0.4 is 4.72 Å². The quantitative estimate of drug-likeness (QED) is 0.754. The van der Waals surface area contributed by atoms with Gasteiger partial charge >= 0.3 is 5.97 Å². The van der Waals surface area contributed by atoms with Crippen LogP contribution in [0.2, 0.25) is 0 Å². The Morgan fingerprint density at radius 2 is 2.12 bits per heavy atom. The third-order valence-electron chi connectivity index (χ3n) is 4.67. The average Bonchev–Trinajstić information content (AvgIpc) is 3.24. The average molecular weight is 395 g/mol. The van der Waals surface area contributed by atoms with Crippen LogP contribution in [0.4, 0.5) is 0 Å². The Bertz CT molecular complexity index is 906. The number of hydrogen-bond acceptors (Lipinski definition) is 5. The fraction of sp³-hybridized carbons (Fsp3) is 0.389. The zero-order valence-electron chi connectivity index (χ0n) is 14.7. The lowest BCUT2D eigenvalue weighted by Crippen LogP contribution is -2.34. The summed E-state index contributed by atoms with van der Waals surface area (Å²) in [6, 6.07) is 6.71. The summed E-state index contributed by atoms with van der Waals surface area (Å²) in [5.41, 5.74) is 1.60. The van der Waals surface area contributed by atoms with Gasteiger partial charge in [-0.15, -0.1) is 11.3 Å². The summed E-state index contributed by atoms with van der Waals surface area (Å²) < 4.78 is 28.6. The van der Waals surface area contributed by atoms with Crippen molar-refractivity contribution in [3.63, 3.8) is 0 Å². The van der Waals surface area contributed by atoms with Gasteiger partial charge in [0.2, 0.25) is 10.0 Å². The predicted octanol–water partition coefficient (Wildman–Crippen LogP) is 2.52. The van der Waals surface area contributed by atoms with Crippen LogP contribution in [-0.2, 0) is 22.9 Å². The topological polar surface area (TPSA) is 86.7 Å². The lowest BCUT2D eigenvalue weighted by atomic mass is 10.1. The van der Waals surface area contributed by atoms with E-state index in [0.717, 1.165) is 22.4 Å². The third kappa shape index (κ3) is 3.83. The number of nitrogens with zero attached hydrogens (tertiary/aromatic N) is 1. The summed E-state index contributed by atoms with van der Waals surface area (Å²) in [6.45, 7) is 0.224. The molecule has 26 heavy (non-hydrogen) atoms. The monoisotopic (exact) mass is 394 g/mol. The predicted molar refractivity (Wildman–Crippen MR) is 101 cm³/mol. The number of fused-ring (bicyclic) bond motifs is 1. The van der Waals surface area contributed by atoms with E-state index < -0.39 is 16.0 Å². The van der Waals surface area contributed by atoms with Crippen molar-refractivity contribution < 1.29 is 18.3 Å². The van der Waals surface area contributed by atoms with Crippen LogP contribution in [-0.4, -0.2) is 45.0 Å². The van der Waals surface area contributed by atoms with Crippen molar-refractivity contribution in [1.82, 2.24) is 9.62 Å². The highest BCUT2D eigenvalue weighted by atomic mass is 32.2. The molecule has 0 saturated heterocycles. The maximum absolute atomic E-state index is 12.9. The van der Waals surface area contributed by atoms with Gasteiger partial charge in [0, 0.05) is 11.4 Å². The van der Waals surface area contributed by atoms with Crippen LogP contribution in [0, 0.1) is 0 Å². The third-order valence-corrected chi connectivity index (χ3v) is 7.14. The second kappa shape index (κ2) is 7.48. The second-order valence-electron chi connectivity index (χ2n) is 6.62. The summed E-state index contributed by atoms with van der Waals surface area (Å²) in [4.78, 5) is 14.5. The molecule has 1 aliphatic rings. The van der Waals surface area contributed by atoms with Gasteiger partial charge in [0.15, 0.2) is 0 Å². The van der Waals surface area contributed by atoms with Crippen molar-refractivity contribution in [2.75, 3.05) is 20.6 Å². The minimum Gasteiger partial charge on any atom is -0.478 e. The molecule has 0 saturated carbocycles. The fourth-order valence-electron chi connectivity index (χ4n) is 3.31. The maximum Gasteiger partial charge on any atom is 0.335 e. The first-order valence-electron chi connectivity index (χ1n) is 8.38. The lowest BCUT2D eigenvalue weighted by Gasteiger charge is -2.24. The van der Waals surface area contributed by atoms with Gasteiger partial charge in [-0.05, 0) is 68.1 Å². The van der Waals surface area contributed by atoms with Gasteiger partial charge in [0.25, 0.3) is 0 Å². The number of likely N-dealkylation sites (N-methyl/N-ethyl adjacent to an activating group) is 1. The molecule has 3 rings (SSSR count). The molecule has 0 bridgehead atoms. The van der Waals surface area contributed by atoms with Crippen LogP contribution in [0.3, 0.4) is 0 Å². The van der Waals surface area contributed by atoms with Crippen LogP contribution in [0.15, 0.2) is 34.5 Å². The minimum absolute atomic E-state index is 0.0217. The molecule has 1 aromatic carbocycles. The standard InChI is InChI=1S/C18H22N2O4S2/c1-20(2)15(16-7-4-8-25-16)11-19-26(23,24)17-10-13(18(21)22)9-12-5-3-6-14(12)17/h4,7-10,15,19H,3,5-6,11H2,1-2H3,(H,21,22). The Kier molecular flexibility index (Phi) is 5.47. The first-order valence-corrected chi connectivity index (χ1v) is 10.7. The Hall–Kier alpha value is -1.74. The Balaban J connectivity index is 1.90. The van der Waals surface area contributed by atoms with E-state index in [4.69, 9.17) is 0 Å². The van der Waals surface area contributed by atoms with E-state index in [0.29, 0.717) is 12.8 Å². The van der Waals surface area contributed by atoms with Gasteiger partial charge in [0.05, 0.1) is 16.5 Å². The first kappa shape index (κ1) is 19.0. The highest BCUT2D eigenvalue weighted by Gasteiger charge is 2.27. The molecule has 0 fully saturated rings. The molecule has 8 heteroatoms. The first-order chi connectivity index (χ1) is 12.3. The molecular formula is C18H22N2O4S2. The highest BCUT2D eigenvalue weighted by molar-refractivity contribution is 7.89. The number of benzene rings is 1. The number of aryl methyl sites for hydroxylation is 1. The number of carboxylic acid groups (broad SMARTS) is 1. The Morgan fingerprint density at radius 3 is 2.73 bits per heavy atom. The molecule has 0 amide bonds. The molecule has 1 aliphatic carbocycles. The van der Waals surface area contributed by atoms with Gasteiger partial charge in [0.1, 0.15) is 0 Å². The van der Waals surface area contributed by atoms with Crippen molar-refractivity contribution in [3.8, 4) is 0 Å². The van der Waals surface area contributed by atoms with E-state index in [1.54, 1.807) is 17.4 Å². The van der Waals surface area contributed by atoms with Crippen molar-refractivity contribution in [2.24, 2.45) is 0 Å². The number of aromatic carboxylic acids is 1. The lowest BCUT2D eigenvalue weighted by molar-refractivity contribution is 0.0696. The van der Waals surface area contributed by atoms with Gasteiger partial charge in [-0.3, -0.25) is 0 Å². The van der Waals surface area contributed by atoms with Crippen molar-refractivity contribution in [2.45, 2.75) is 30.2 Å².